The molecule has 0 aliphatic rings. The van der Waals surface area contributed by atoms with Gasteiger partial charge in [0.05, 0.1) is 7.11 Å². The average Bonchev–Trinajstić information content (AvgIpc) is 1.96. The molecule has 0 unspecified atom stereocenters. The van der Waals surface area contributed by atoms with Gasteiger partial charge in [0.15, 0.2) is 3.79 Å². The SMILES string of the molecule is COC(=O)C=CCCC(Cl)(Cl)Cl. The van der Waals surface area contributed by atoms with Crippen molar-refractivity contribution in [1.29, 1.82) is 0 Å². The highest BCUT2D eigenvalue weighted by molar-refractivity contribution is 6.67. The first-order valence-corrected chi connectivity index (χ1v) is 4.40. The zero-order chi connectivity index (χ0) is 9.61. The van der Waals surface area contributed by atoms with E-state index in [1.807, 2.05) is 0 Å². The van der Waals surface area contributed by atoms with Crippen molar-refractivity contribution in [3.8, 4) is 0 Å². The molecule has 0 amide bonds. The van der Waals surface area contributed by atoms with Crippen LogP contribution in [0.3, 0.4) is 0 Å². The quantitative estimate of drug-likeness (QED) is 0.424. The molecule has 0 radical (unpaired) electrons. The van der Waals surface area contributed by atoms with Gasteiger partial charge in [0, 0.05) is 6.08 Å². The van der Waals surface area contributed by atoms with Gasteiger partial charge in [0.25, 0.3) is 0 Å². The standard InChI is InChI=1S/C7H9Cl3O2/c1-12-6(11)4-2-3-5-7(8,9)10/h2,4H,3,5H2,1H3. The molecular weight excluding hydrogens is 222 g/mol. The summed E-state index contributed by atoms with van der Waals surface area (Å²) in [7, 11) is 1.31. The fourth-order valence-corrected chi connectivity index (χ4v) is 0.822. The lowest BCUT2D eigenvalue weighted by Crippen LogP contribution is -2.00. The molecular formula is C7H9Cl3O2. The molecule has 0 spiro atoms. The third-order valence-corrected chi connectivity index (χ3v) is 1.62. The molecule has 0 atom stereocenters. The molecule has 12 heavy (non-hydrogen) atoms. The summed E-state index contributed by atoms with van der Waals surface area (Å²) in [5, 5.41) is 0. The predicted octanol–water partition coefficient (Wildman–Crippen LogP) is 2.87. The minimum absolute atomic E-state index is 0.380. The number of ether oxygens (including phenoxy) is 1. The molecule has 0 aliphatic heterocycles. The van der Waals surface area contributed by atoms with Gasteiger partial charge in [0.2, 0.25) is 0 Å². The second kappa shape index (κ2) is 5.68. The van der Waals surface area contributed by atoms with Gasteiger partial charge in [-0.15, -0.1) is 0 Å². The molecule has 0 aromatic heterocycles. The van der Waals surface area contributed by atoms with E-state index in [1.165, 1.54) is 13.2 Å². The fourth-order valence-electron chi connectivity index (χ4n) is 0.495. The van der Waals surface area contributed by atoms with Crippen LogP contribution in [0.25, 0.3) is 0 Å². The first kappa shape index (κ1) is 12.1. The fraction of sp³-hybridized carbons (Fsp3) is 0.571. The average molecular weight is 232 g/mol. The Kier molecular flexibility index (Phi) is 5.72. The molecule has 0 aromatic rings. The van der Waals surface area contributed by atoms with Crippen molar-refractivity contribution in [3.63, 3.8) is 0 Å². The number of esters is 1. The Hall–Kier alpha value is 0.0800. The Labute approximate surface area is 86.4 Å². The number of allylic oxidation sites excluding steroid dienone is 1. The Balaban J connectivity index is 3.56. The van der Waals surface area contributed by atoms with E-state index in [-0.39, 0.29) is 0 Å². The normalized spacial score (nSPS) is 12.0. The smallest absolute Gasteiger partial charge is 0.330 e. The number of methoxy groups -OCH3 is 1. The summed E-state index contributed by atoms with van der Waals surface area (Å²) in [6, 6.07) is 0. The van der Waals surface area contributed by atoms with Crippen LogP contribution >= 0.6 is 34.8 Å². The number of carbonyl (C=O) groups excluding carboxylic acids is 1. The summed E-state index contributed by atoms with van der Waals surface area (Å²) in [6.07, 6.45) is 3.82. The Morgan fingerprint density at radius 2 is 2.08 bits per heavy atom. The zero-order valence-electron chi connectivity index (χ0n) is 6.52. The largest absolute Gasteiger partial charge is 0.466 e. The molecule has 0 bridgehead atoms. The van der Waals surface area contributed by atoms with Crippen molar-refractivity contribution in [3.05, 3.63) is 12.2 Å². The van der Waals surface area contributed by atoms with Gasteiger partial charge in [-0.3, -0.25) is 0 Å². The summed E-state index contributed by atoms with van der Waals surface area (Å²) in [5.74, 6) is -0.403. The molecule has 0 aromatic carbocycles. The molecule has 0 rings (SSSR count). The van der Waals surface area contributed by atoms with E-state index in [2.05, 4.69) is 4.74 Å². The molecule has 0 saturated carbocycles. The first-order valence-electron chi connectivity index (χ1n) is 3.27. The lowest BCUT2D eigenvalue weighted by Gasteiger charge is -2.06. The molecule has 5 heteroatoms. The number of hydrogen-bond donors (Lipinski definition) is 0. The van der Waals surface area contributed by atoms with Gasteiger partial charge in [-0.1, -0.05) is 40.9 Å². The number of halogens is 3. The van der Waals surface area contributed by atoms with Gasteiger partial charge in [-0.25, -0.2) is 4.79 Å². The number of rotatable bonds is 3. The van der Waals surface area contributed by atoms with Crippen LogP contribution in [-0.2, 0) is 9.53 Å². The third-order valence-electron chi connectivity index (χ3n) is 1.05. The highest BCUT2D eigenvalue weighted by Crippen LogP contribution is 2.31. The summed E-state index contributed by atoms with van der Waals surface area (Å²) >= 11 is 16.4. The van der Waals surface area contributed by atoms with Gasteiger partial charge in [-0.05, 0) is 12.8 Å². The molecule has 0 N–H and O–H groups in total. The summed E-state index contributed by atoms with van der Waals surface area (Å²) < 4.78 is 3.11. The van der Waals surface area contributed by atoms with E-state index in [0.717, 1.165) is 0 Å². The molecule has 0 saturated heterocycles. The maximum absolute atomic E-state index is 10.5. The molecule has 2 nitrogen and oxygen atoms in total. The Bertz CT molecular complexity index is 172. The van der Waals surface area contributed by atoms with Crippen molar-refractivity contribution in [2.45, 2.75) is 16.6 Å². The van der Waals surface area contributed by atoms with Crippen LogP contribution in [0.4, 0.5) is 0 Å². The second-order valence-electron chi connectivity index (χ2n) is 2.08. The van der Waals surface area contributed by atoms with Crippen LogP contribution in [0.1, 0.15) is 12.8 Å². The zero-order valence-corrected chi connectivity index (χ0v) is 8.79. The maximum Gasteiger partial charge on any atom is 0.330 e. The van der Waals surface area contributed by atoms with Crippen LogP contribution < -0.4 is 0 Å². The molecule has 70 valence electrons. The van der Waals surface area contributed by atoms with Crippen LogP contribution in [0.2, 0.25) is 0 Å². The van der Waals surface area contributed by atoms with Crippen LogP contribution in [0, 0.1) is 0 Å². The topological polar surface area (TPSA) is 26.3 Å². The Morgan fingerprint density at radius 3 is 2.50 bits per heavy atom. The lowest BCUT2D eigenvalue weighted by molar-refractivity contribution is -0.134. The van der Waals surface area contributed by atoms with Crippen molar-refractivity contribution >= 4 is 40.8 Å². The van der Waals surface area contributed by atoms with E-state index in [1.54, 1.807) is 6.08 Å². The van der Waals surface area contributed by atoms with E-state index < -0.39 is 9.76 Å². The van der Waals surface area contributed by atoms with Crippen LogP contribution in [0.5, 0.6) is 0 Å². The highest BCUT2D eigenvalue weighted by Gasteiger charge is 2.17. The van der Waals surface area contributed by atoms with E-state index in [0.29, 0.717) is 12.8 Å². The Morgan fingerprint density at radius 1 is 1.50 bits per heavy atom. The molecule has 0 aliphatic carbocycles. The van der Waals surface area contributed by atoms with E-state index >= 15 is 0 Å². The van der Waals surface area contributed by atoms with Crippen LogP contribution in [-0.4, -0.2) is 16.9 Å². The third kappa shape index (κ3) is 8.18. The number of hydrogen-bond acceptors (Lipinski definition) is 2. The monoisotopic (exact) mass is 230 g/mol. The summed E-state index contributed by atoms with van der Waals surface area (Å²) in [5.41, 5.74) is 0. The van der Waals surface area contributed by atoms with Crippen molar-refractivity contribution in [2.24, 2.45) is 0 Å². The number of carbonyl (C=O) groups is 1. The summed E-state index contributed by atoms with van der Waals surface area (Å²) in [4.78, 5) is 10.5. The minimum atomic E-state index is -1.25. The van der Waals surface area contributed by atoms with Gasteiger partial charge in [0.1, 0.15) is 0 Å². The van der Waals surface area contributed by atoms with Crippen molar-refractivity contribution in [1.82, 2.24) is 0 Å². The van der Waals surface area contributed by atoms with Gasteiger partial charge < -0.3 is 4.74 Å². The second-order valence-corrected chi connectivity index (χ2v) is 4.60. The predicted molar refractivity (Wildman–Crippen MR) is 50.7 cm³/mol. The van der Waals surface area contributed by atoms with Gasteiger partial charge >= 0.3 is 5.97 Å². The van der Waals surface area contributed by atoms with Crippen LogP contribution in [0.15, 0.2) is 12.2 Å². The summed E-state index contributed by atoms with van der Waals surface area (Å²) in [6.45, 7) is 0. The lowest BCUT2D eigenvalue weighted by atomic mass is 10.3. The maximum atomic E-state index is 10.5. The first-order chi connectivity index (χ1) is 5.45. The molecule has 0 heterocycles. The van der Waals surface area contributed by atoms with Crippen molar-refractivity contribution < 1.29 is 9.53 Å². The van der Waals surface area contributed by atoms with Gasteiger partial charge in [-0.2, -0.15) is 0 Å². The van der Waals surface area contributed by atoms with Crippen molar-refractivity contribution in [2.75, 3.05) is 7.11 Å². The van der Waals surface area contributed by atoms with E-state index in [4.69, 9.17) is 34.8 Å². The molecule has 0 fully saturated rings. The highest BCUT2D eigenvalue weighted by atomic mass is 35.6. The van der Waals surface area contributed by atoms with E-state index in [9.17, 15) is 4.79 Å². The number of alkyl halides is 3. The minimum Gasteiger partial charge on any atom is -0.466 e.